The third-order valence-corrected chi connectivity index (χ3v) is 6.04. The summed E-state index contributed by atoms with van der Waals surface area (Å²) >= 11 is 0. The molecule has 1 aromatic heterocycles. The molecule has 11 heteroatoms. The summed E-state index contributed by atoms with van der Waals surface area (Å²) in [7, 11) is 0. The molecular formula is C22H26F3N5O3. The standard InChI is InChI=1S/C22H26F3N5O3/c1-16-19(14-26-30(16)18-4-2-3-17(13-18)22(23,24)25)21(32)29-7-5-28(6-8-29)20(31)15-27-9-11-33-12-10-27/h2-4,13-14H,5-12,15H2,1H3. The number of carbonyl (C=O) groups is 2. The SMILES string of the molecule is Cc1c(C(=O)N2CCN(C(=O)CN3CCOCC3)CC2)cnn1-c1cccc(C(F)(F)F)c1. The number of benzene rings is 1. The van der Waals surface area contributed by atoms with E-state index in [0.717, 1.165) is 25.2 Å². The van der Waals surface area contributed by atoms with Crippen molar-refractivity contribution in [3.8, 4) is 5.69 Å². The van der Waals surface area contributed by atoms with Crippen LogP contribution in [0.1, 0.15) is 21.6 Å². The Hall–Kier alpha value is -2.92. The van der Waals surface area contributed by atoms with Crippen molar-refractivity contribution < 1.29 is 27.5 Å². The molecule has 33 heavy (non-hydrogen) atoms. The fourth-order valence-corrected chi connectivity index (χ4v) is 4.07. The molecule has 0 saturated carbocycles. The number of alkyl halides is 3. The van der Waals surface area contributed by atoms with Gasteiger partial charge < -0.3 is 14.5 Å². The van der Waals surface area contributed by atoms with Crippen molar-refractivity contribution in [3.05, 3.63) is 47.3 Å². The van der Waals surface area contributed by atoms with Gasteiger partial charge in [0.05, 0.1) is 48.5 Å². The molecule has 8 nitrogen and oxygen atoms in total. The smallest absolute Gasteiger partial charge is 0.379 e. The third-order valence-electron chi connectivity index (χ3n) is 6.04. The minimum absolute atomic E-state index is 0.0394. The number of carbonyl (C=O) groups excluding carboxylic acids is 2. The zero-order valence-electron chi connectivity index (χ0n) is 18.3. The molecule has 0 radical (unpaired) electrons. The van der Waals surface area contributed by atoms with Gasteiger partial charge in [-0.1, -0.05) is 6.07 Å². The summed E-state index contributed by atoms with van der Waals surface area (Å²) in [6.45, 7) is 6.39. The van der Waals surface area contributed by atoms with Crippen LogP contribution in [0.4, 0.5) is 13.2 Å². The van der Waals surface area contributed by atoms with Crippen molar-refractivity contribution in [2.24, 2.45) is 0 Å². The van der Waals surface area contributed by atoms with Crippen LogP contribution in [0.5, 0.6) is 0 Å². The monoisotopic (exact) mass is 465 g/mol. The molecule has 2 saturated heterocycles. The largest absolute Gasteiger partial charge is 0.416 e. The molecule has 0 bridgehead atoms. The molecule has 0 N–H and O–H groups in total. The van der Waals surface area contributed by atoms with Crippen LogP contribution in [0.2, 0.25) is 0 Å². The van der Waals surface area contributed by atoms with Gasteiger partial charge >= 0.3 is 6.18 Å². The number of halogens is 3. The minimum atomic E-state index is -4.46. The van der Waals surface area contributed by atoms with Gasteiger partial charge in [0, 0.05) is 39.3 Å². The van der Waals surface area contributed by atoms with E-state index in [1.165, 1.54) is 23.0 Å². The molecular weight excluding hydrogens is 439 g/mol. The number of nitrogens with zero attached hydrogens (tertiary/aromatic N) is 5. The van der Waals surface area contributed by atoms with E-state index < -0.39 is 11.7 Å². The molecule has 2 aliphatic heterocycles. The normalized spacial score (nSPS) is 17.9. The summed E-state index contributed by atoms with van der Waals surface area (Å²) in [5.74, 6) is -0.205. The summed E-state index contributed by atoms with van der Waals surface area (Å²) < 4.78 is 45.8. The van der Waals surface area contributed by atoms with Crippen LogP contribution in [-0.2, 0) is 15.7 Å². The van der Waals surface area contributed by atoms with Crippen LogP contribution in [0.15, 0.2) is 30.5 Å². The maximum absolute atomic E-state index is 13.1. The molecule has 1 aromatic carbocycles. The van der Waals surface area contributed by atoms with Crippen LogP contribution in [0.3, 0.4) is 0 Å². The first-order valence-electron chi connectivity index (χ1n) is 10.8. The van der Waals surface area contributed by atoms with Crippen molar-refractivity contribution in [2.75, 3.05) is 59.0 Å². The fourth-order valence-electron chi connectivity index (χ4n) is 4.07. The molecule has 2 aliphatic rings. The second kappa shape index (κ2) is 9.52. The first kappa shape index (κ1) is 23.2. The molecule has 2 aromatic rings. The van der Waals surface area contributed by atoms with Crippen LogP contribution in [0, 0.1) is 6.92 Å². The molecule has 0 aliphatic carbocycles. The molecule has 2 amide bonds. The van der Waals surface area contributed by atoms with Crippen molar-refractivity contribution in [1.29, 1.82) is 0 Å². The van der Waals surface area contributed by atoms with Crippen LogP contribution < -0.4 is 0 Å². The Morgan fingerprint density at radius 2 is 1.70 bits per heavy atom. The van der Waals surface area contributed by atoms with Crippen LogP contribution in [0.25, 0.3) is 5.69 Å². The van der Waals surface area contributed by atoms with E-state index in [9.17, 15) is 22.8 Å². The number of hydrogen-bond acceptors (Lipinski definition) is 5. The Balaban J connectivity index is 1.39. The minimum Gasteiger partial charge on any atom is -0.379 e. The van der Waals surface area contributed by atoms with Crippen LogP contribution in [-0.4, -0.2) is 95.3 Å². The van der Waals surface area contributed by atoms with Crippen molar-refractivity contribution in [3.63, 3.8) is 0 Å². The number of ether oxygens (including phenoxy) is 1. The van der Waals surface area contributed by atoms with E-state index in [2.05, 4.69) is 10.00 Å². The molecule has 0 atom stereocenters. The fraction of sp³-hybridized carbons (Fsp3) is 0.500. The Kier molecular flexibility index (Phi) is 6.71. The summed E-state index contributed by atoms with van der Waals surface area (Å²) in [6.07, 6.45) is -3.08. The number of aromatic nitrogens is 2. The lowest BCUT2D eigenvalue weighted by atomic mass is 10.1. The highest BCUT2D eigenvalue weighted by Crippen LogP contribution is 2.30. The van der Waals surface area contributed by atoms with Gasteiger partial charge in [0.2, 0.25) is 5.91 Å². The lowest BCUT2D eigenvalue weighted by molar-refractivity contribution is -0.137. The van der Waals surface area contributed by atoms with Gasteiger partial charge in [0.25, 0.3) is 5.91 Å². The van der Waals surface area contributed by atoms with E-state index in [-0.39, 0.29) is 17.5 Å². The summed E-state index contributed by atoms with van der Waals surface area (Å²) in [5.41, 5.74) is 0.256. The summed E-state index contributed by atoms with van der Waals surface area (Å²) in [6, 6.07) is 4.83. The number of piperazine rings is 1. The average molecular weight is 465 g/mol. The van der Waals surface area contributed by atoms with Crippen molar-refractivity contribution in [1.82, 2.24) is 24.5 Å². The zero-order valence-corrected chi connectivity index (χ0v) is 18.3. The summed E-state index contributed by atoms with van der Waals surface area (Å²) in [4.78, 5) is 31.1. The van der Waals surface area contributed by atoms with E-state index in [4.69, 9.17) is 4.74 Å². The summed E-state index contributed by atoms with van der Waals surface area (Å²) in [5, 5.41) is 4.15. The zero-order chi connectivity index (χ0) is 23.6. The number of amides is 2. The van der Waals surface area contributed by atoms with Gasteiger partial charge in [-0.25, -0.2) is 4.68 Å². The Labute approximate surface area is 189 Å². The highest BCUT2D eigenvalue weighted by Gasteiger charge is 2.31. The molecule has 178 valence electrons. The van der Waals surface area contributed by atoms with Crippen molar-refractivity contribution in [2.45, 2.75) is 13.1 Å². The predicted molar refractivity (Wildman–Crippen MR) is 113 cm³/mol. The Bertz CT molecular complexity index is 1010. The third kappa shape index (κ3) is 5.19. The highest BCUT2D eigenvalue weighted by atomic mass is 19.4. The Morgan fingerprint density at radius 1 is 1.03 bits per heavy atom. The first-order chi connectivity index (χ1) is 15.7. The lowest BCUT2D eigenvalue weighted by Crippen LogP contribution is -2.53. The van der Waals surface area contributed by atoms with Gasteiger partial charge in [-0.05, 0) is 25.1 Å². The van der Waals surface area contributed by atoms with Gasteiger partial charge in [0.15, 0.2) is 0 Å². The second-order valence-corrected chi connectivity index (χ2v) is 8.17. The number of hydrogen-bond donors (Lipinski definition) is 0. The molecule has 0 unspecified atom stereocenters. The maximum Gasteiger partial charge on any atom is 0.416 e. The average Bonchev–Trinajstić information content (AvgIpc) is 3.20. The van der Waals surface area contributed by atoms with E-state index in [1.807, 2.05) is 0 Å². The maximum atomic E-state index is 13.1. The van der Waals surface area contributed by atoms with Gasteiger partial charge in [-0.2, -0.15) is 18.3 Å². The molecule has 3 heterocycles. The van der Waals surface area contributed by atoms with E-state index >= 15 is 0 Å². The number of rotatable bonds is 4. The van der Waals surface area contributed by atoms with E-state index in [0.29, 0.717) is 57.2 Å². The quantitative estimate of drug-likeness (QED) is 0.689. The van der Waals surface area contributed by atoms with Crippen LogP contribution >= 0.6 is 0 Å². The lowest BCUT2D eigenvalue weighted by Gasteiger charge is -2.36. The van der Waals surface area contributed by atoms with Gasteiger partial charge in [-0.15, -0.1) is 0 Å². The molecule has 2 fully saturated rings. The topological polar surface area (TPSA) is 70.9 Å². The molecule has 4 rings (SSSR count). The molecule has 0 spiro atoms. The predicted octanol–water partition coefficient (Wildman–Crippen LogP) is 1.82. The van der Waals surface area contributed by atoms with Gasteiger partial charge in [-0.3, -0.25) is 14.5 Å². The van der Waals surface area contributed by atoms with Gasteiger partial charge in [0.1, 0.15) is 0 Å². The second-order valence-electron chi connectivity index (χ2n) is 8.17. The highest BCUT2D eigenvalue weighted by molar-refractivity contribution is 5.95. The Morgan fingerprint density at radius 3 is 2.36 bits per heavy atom. The number of morpholine rings is 1. The van der Waals surface area contributed by atoms with Crippen molar-refractivity contribution >= 4 is 11.8 Å². The first-order valence-corrected chi connectivity index (χ1v) is 10.8. The van der Waals surface area contributed by atoms with E-state index in [1.54, 1.807) is 16.7 Å².